The largest absolute Gasteiger partial charge is 0.491 e. The smallest absolute Gasteiger partial charge is 0.254 e. The Morgan fingerprint density at radius 3 is 2.85 bits per heavy atom. The molecule has 1 N–H and O–H groups in total. The predicted molar refractivity (Wildman–Crippen MR) is 77.0 cm³/mol. The maximum atomic E-state index is 11.8. The van der Waals surface area contributed by atoms with Crippen LogP contribution in [0.5, 0.6) is 5.75 Å². The lowest BCUT2D eigenvalue weighted by Crippen LogP contribution is -2.27. The molecular weight excluding hydrogens is 254 g/mol. The summed E-state index contributed by atoms with van der Waals surface area (Å²) >= 11 is 0. The van der Waals surface area contributed by atoms with E-state index < -0.39 is 0 Å². The molecule has 0 saturated heterocycles. The van der Waals surface area contributed by atoms with Gasteiger partial charge in [-0.15, -0.1) is 0 Å². The third-order valence-electron chi connectivity index (χ3n) is 2.94. The van der Waals surface area contributed by atoms with Crippen LogP contribution in [0.3, 0.4) is 0 Å². The molecule has 0 saturated carbocycles. The fourth-order valence-corrected chi connectivity index (χ4v) is 1.93. The van der Waals surface area contributed by atoms with Crippen molar-refractivity contribution in [3.63, 3.8) is 0 Å². The van der Waals surface area contributed by atoms with Crippen LogP contribution in [0, 0.1) is 13.8 Å². The molecule has 2 aromatic rings. The maximum Gasteiger partial charge on any atom is 0.254 e. The van der Waals surface area contributed by atoms with Gasteiger partial charge in [0.2, 0.25) is 0 Å². The van der Waals surface area contributed by atoms with Gasteiger partial charge in [-0.25, -0.2) is 0 Å². The van der Waals surface area contributed by atoms with Crippen LogP contribution in [0.25, 0.3) is 0 Å². The van der Waals surface area contributed by atoms with Crippen LogP contribution < -0.4 is 10.1 Å². The number of benzene rings is 1. The Balaban J connectivity index is 1.77. The number of nitrogens with one attached hydrogen (secondary N) is 1. The Morgan fingerprint density at radius 1 is 1.40 bits per heavy atom. The van der Waals surface area contributed by atoms with Gasteiger partial charge in [0.1, 0.15) is 12.4 Å². The monoisotopic (exact) mass is 273 g/mol. The number of aryl methyl sites for hydroxylation is 3. The fraction of sp³-hybridized carbons (Fsp3) is 0.333. The molecule has 0 spiro atoms. The average Bonchev–Trinajstić information content (AvgIpc) is 2.83. The highest BCUT2D eigenvalue weighted by Gasteiger charge is 2.06. The Labute approximate surface area is 118 Å². The Morgan fingerprint density at radius 2 is 2.20 bits per heavy atom. The van der Waals surface area contributed by atoms with Crippen molar-refractivity contribution < 1.29 is 9.53 Å². The minimum atomic E-state index is -0.137. The number of ether oxygens (including phenoxy) is 1. The topological polar surface area (TPSA) is 56.1 Å². The fourth-order valence-electron chi connectivity index (χ4n) is 1.93. The summed E-state index contributed by atoms with van der Waals surface area (Å²) in [6, 6.07) is 6.04. The van der Waals surface area contributed by atoms with Gasteiger partial charge in [-0.3, -0.25) is 9.48 Å². The number of rotatable bonds is 5. The first-order valence-electron chi connectivity index (χ1n) is 6.53. The molecule has 0 radical (unpaired) electrons. The minimum Gasteiger partial charge on any atom is -0.491 e. The molecule has 1 heterocycles. The molecule has 1 amide bonds. The van der Waals surface area contributed by atoms with Crippen molar-refractivity contribution in [2.24, 2.45) is 7.05 Å². The lowest BCUT2D eigenvalue weighted by molar-refractivity contribution is 0.0947. The minimum absolute atomic E-state index is 0.137. The van der Waals surface area contributed by atoms with Gasteiger partial charge < -0.3 is 10.1 Å². The Hall–Kier alpha value is -2.30. The van der Waals surface area contributed by atoms with E-state index in [0.29, 0.717) is 18.7 Å². The summed E-state index contributed by atoms with van der Waals surface area (Å²) in [6.45, 7) is 4.96. The first-order valence-corrected chi connectivity index (χ1v) is 6.53. The van der Waals surface area contributed by atoms with Crippen LogP contribution in [0.2, 0.25) is 0 Å². The lowest BCUT2D eigenvalue weighted by Gasteiger charge is -2.10. The van der Waals surface area contributed by atoms with E-state index in [4.69, 9.17) is 4.74 Å². The molecule has 0 aliphatic carbocycles. The van der Waals surface area contributed by atoms with E-state index in [2.05, 4.69) is 16.5 Å². The van der Waals surface area contributed by atoms with E-state index >= 15 is 0 Å². The van der Waals surface area contributed by atoms with Crippen molar-refractivity contribution in [3.05, 3.63) is 47.3 Å². The molecular formula is C15H19N3O2. The maximum absolute atomic E-state index is 11.8. The molecule has 0 atom stereocenters. The number of aromatic nitrogens is 2. The second-order valence-electron chi connectivity index (χ2n) is 4.78. The quantitative estimate of drug-likeness (QED) is 0.846. The normalized spacial score (nSPS) is 10.3. The average molecular weight is 273 g/mol. The van der Waals surface area contributed by atoms with E-state index in [0.717, 1.165) is 11.3 Å². The van der Waals surface area contributed by atoms with Gasteiger partial charge in [0.05, 0.1) is 18.3 Å². The molecule has 5 heteroatoms. The van der Waals surface area contributed by atoms with Gasteiger partial charge in [-0.05, 0) is 25.5 Å². The van der Waals surface area contributed by atoms with Crippen molar-refractivity contribution in [3.8, 4) is 5.75 Å². The number of nitrogens with zero attached hydrogens (tertiary/aromatic N) is 2. The first kappa shape index (κ1) is 14.1. The number of hydrogen-bond donors (Lipinski definition) is 1. The second-order valence-corrected chi connectivity index (χ2v) is 4.78. The van der Waals surface area contributed by atoms with Crippen LogP contribution in [0.1, 0.15) is 21.5 Å². The summed E-state index contributed by atoms with van der Waals surface area (Å²) in [6.07, 6.45) is 3.22. The molecule has 0 aliphatic heterocycles. The Bertz CT molecular complexity index is 605. The van der Waals surface area contributed by atoms with Gasteiger partial charge >= 0.3 is 0 Å². The number of hydrogen-bond acceptors (Lipinski definition) is 3. The SMILES string of the molecule is Cc1ccc(OCCNC(=O)c2cnn(C)c2)c(C)c1. The summed E-state index contributed by atoms with van der Waals surface area (Å²) < 4.78 is 7.25. The molecule has 2 rings (SSSR count). The predicted octanol–water partition coefficient (Wildman–Crippen LogP) is 1.85. The van der Waals surface area contributed by atoms with Crippen LogP contribution in [-0.4, -0.2) is 28.8 Å². The summed E-state index contributed by atoms with van der Waals surface area (Å²) in [5, 5.41) is 6.75. The molecule has 20 heavy (non-hydrogen) atoms. The number of amides is 1. The third-order valence-corrected chi connectivity index (χ3v) is 2.94. The van der Waals surface area contributed by atoms with Crippen molar-refractivity contribution in [2.75, 3.05) is 13.2 Å². The molecule has 5 nitrogen and oxygen atoms in total. The summed E-state index contributed by atoms with van der Waals surface area (Å²) in [5.41, 5.74) is 2.86. The van der Waals surface area contributed by atoms with Gasteiger partial charge in [0.15, 0.2) is 0 Å². The zero-order chi connectivity index (χ0) is 14.5. The zero-order valence-electron chi connectivity index (χ0n) is 12.0. The highest BCUT2D eigenvalue weighted by Crippen LogP contribution is 2.18. The number of carbonyl (C=O) groups excluding carboxylic acids is 1. The summed E-state index contributed by atoms with van der Waals surface area (Å²) in [4.78, 5) is 11.8. The van der Waals surface area contributed by atoms with Crippen molar-refractivity contribution in [1.29, 1.82) is 0 Å². The third kappa shape index (κ3) is 3.60. The first-order chi connectivity index (χ1) is 9.56. The van der Waals surface area contributed by atoms with Gasteiger partial charge in [-0.2, -0.15) is 5.10 Å². The van der Waals surface area contributed by atoms with Crippen LogP contribution >= 0.6 is 0 Å². The Kier molecular flexibility index (Phi) is 4.40. The summed E-state index contributed by atoms with van der Waals surface area (Å²) in [5.74, 6) is 0.716. The van der Waals surface area contributed by atoms with Crippen LogP contribution in [0.15, 0.2) is 30.6 Å². The van der Waals surface area contributed by atoms with Crippen LogP contribution in [0.4, 0.5) is 0 Å². The molecule has 1 aromatic carbocycles. The van der Waals surface area contributed by atoms with E-state index in [-0.39, 0.29) is 5.91 Å². The van der Waals surface area contributed by atoms with E-state index in [1.165, 1.54) is 5.56 Å². The van der Waals surface area contributed by atoms with Crippen molar-refractivity contribution in [1.82, 2.24) is 15.1 Å². The number of carbonyl (C=O) groups is 1. The van der Waals surface area contributed by atoms with Gasteiger partial charge in [0.25, 0.3) is 5.91 Å². The highest BCUT2D eigenvalue weighted by atomic mass is 16.5. The summed E-state index contributed by atoms with van der Waals surface area (Å²) in [7, 11) is 1.78. The highest BCUT2D eigenvalue weighted by molar-refractivity contribution is 5.93. The molecule has 1 aromatic heterocycles. The molecule has 0 unspecified atom stereocenters. The zero-order valence-corrected chi connectivity index (χ0v) is 12.0. The second kappa shape index (κ2) is 6.23. The van der Waals surface area contributed by atoms with E-state index in [1.54, 1.807) is 24.1 Å². The molecule has 106 valence electrons. The van der Waals surface area contributed by atoms with Gasteiger partial charge in [-0.1, -0.05) is 17.7 Å². The van der Waals surface area contributed by atoms with Gasteiger partial charge in [0, 0.05) is 13.2 Å². The lowest BCUT2D eigenvalue weighted by atomic mass is 10.1. The van der Waals surface area contributed by atoms with Crippen LogP contribution in [-0.2, 0) is 7.05 Å². The molecule has 0 fully saturated rings. The van der Waals surface area contributed by atoms with E-state index in [1.807, 2.05) is 26.0 Å². The molecule has 0 bridgehead atoms. The standard InChI is InChI=1S/C15H19N3O2/c1-11-4-5-14(12(2)8-11)20-7-6-16-15(19)13-9-17-18(3)10-13/h4-5,8-10H,6-7H2,1-3H3,(H,16,19). The van der Waals surface area contributed by atoms with E-state index in [9.17, 15) is 4.79 Å². The van der Waals surface area contributed by atoms with Crippen molar-refractivity contribution >= 4 is 5.91 Å². The molecule has 0 aliphatic rings. The van der Waals surface area contributed by atoms with Crippen molar-refractivity contribution in [2.45, 2.75) is 13.8 Å².